The van der Waals surface area contributed by atoms with E-state index in [4.69, 9.17) is 0 Å². The van der Waals surface area contributed by atoms with Crippen LogP contribution in [0, 0.1) is 5.82 Å². The first kappa shape index (κ1) is 16.7. The molecule has 1 saturated carbocycles. The van der Waals surface area contributed by atoms with Crippen LogP contribution in [-0.4, -0.2) is 48.6 Å². The third-order valence-corrected chi connectivity index (χ3v) is 7.27. The molecule has 0 bridgehead atoms. The number of nitrogens with one attached hydrogen (secondary N) is 1. The van der Waals surface area contributed by atoms with Crippen molar-refractivity contribution < 1.29 is 22.7 Å². The van der Waals surface area contributed by atoms with Gasteiger partial charge in [0, 0.05) is 23.9 Å². The molecule has 4 rings (SSSR count). The predicted molar refractivity (Wildman–Crippen MR) is 92.4 cm³/mol. The summed E-state index contributed by atoms with van der Waals surface area (Å²) in [5.41, 5.74) is 0.647. The fourth-order valence-corrected chi connectivity index (χ4v) is 5.31. The van der Waals surface area contributed by atoms with E-state index in [1.807, 2.05) is 6.08 Å². The molecule has 0 spiro atoms. The molecule has 134 valence electrons. The van der Waals surface area contributed by atoms with Crippen LogP contribution in [0.25, 0.3) is 5.57 Å². The van der Waals surface area contributed by atoms with Gasteiger partial charge < -0.3 is 5.11 Å². The number of phenolic OH excluding ortho intramolecular Hbond substituents is 1. The second-order valence-electron chi connectivity index (χ2n) is 6.13. The molecule has 0 radical (unpaired) electrons. The van der Waals surface area contributed by atoms with Crippen molar-refractivity contribution in [2.45, 2.75) is 18.1 Å². The van der Waals surface area contributed by atoms with Crippen LogP contribution in [0.5, 0.6) is 5.75 Å². The van der Waals surface area contributed by atoms with E-state index in [0.717, 1.165) is 17.1 Å². The summed E-state index contributed by atoms with van der Waals surface area (Å²) >= 11 is -1.93. The summed E-state index contributed by atoms with van der Waals surface area (Å²) in [6.45, 7) is 0.533. The number of rotatable bonds is 4. The highest BCUT2D eigenvalue weighted by atomic mass is 32.2. The maximum atomic E-state index is 15.0. The van der Waals surface area contributed by atoms with Gasteiger partial charge in [0.2, 0.25) is 11.2 Å². The third-order valence-electron chi connectivity index (χ3n) is 4.33. The number of nitrogens with zero attached hydrogens (tertiary/aromatic N) is 2. The van der Waals surface area contributed by atoms with E-state index < -0.39 is 33.9 Å². The Hall–Kier alpha value is -1.78. The van der Waals surface area contributed by atoms with Crippen molar-refractivity contribution in [3.05, 3.63) is 29.6 Å². The van der Waals surface area contributed by atoms with Crippen molar-refractivity contribution >= 4 is 39.3 Å². The molecule has 1 aromatic carbocycles. The van der Waals surface area contributed by atoms with Crippen LogP contribution in [0.2, 0.25) is 0 Å². The molecule has 2 aliphatic heterocycles. The maximum Gasteiger partial charge on any atom is 0.253 e. The van der Waals surface area contributed by atoms with Gasteiger partial charge >= 0.3 is 0 Å². The van der Waals surface area contributed by atoms with E-state index in [2.05, 4.69) is 4.72 Å². The summed E-state index contributed by atoms with van der Waals surface area (Å²) in [6, 6.07) is 2.76. The second-order valence-corrected chi connectivity index (χ2v) is 9.01. The van der Waals surface area contributed by atoms with Gasteiger partial charge in [-0.15, -0.1) is 0 Å². The van der Waals surface area contributed by atoms with Crippen LogP contribution in [-0.2, 0) is 27.0 Å². The maximum absolute atomic E-state index is 15.0. The SMILES string of the molecule is O=C1CN(c2c(O)ccc(C3=CCN(S(=O)C4CC4)C3)c2F)S(=O)N1. The molecule has 1 saturated heterocycles. The summed E-state index contributed by atoms with van der Waals surface area (Å²) in [5.74, 6) is -1.63. The van der Waals surface area contributed by atoms with Gasteiger partial charge in [-0.1, -0.05) is 6.08 Å². The van der Waals surface area contributed by atoms with Crippen LogP contribution in [0.1, 0.15) is 18.4 Å². The van der Waals surface area contributed by atoms with E-state index in [9.17, 15) is 18.3 Å². The smallest absolute Gasteiger partial charge is 0.253 e. The molecule has 2 N–H and O–H groups in total. The molecular formula is C15H16FN3O4S2. The standard InChI is InChI=1S/C15H16FN3O4S2/c16-14-11(9-5-6-18(7-9)24(22)10-1-2-10)3-4-12(20)15(14)19-8-13(21)17-25(19)23/h3-5,10,20H,1-2,6-8H2,(H,17,21). The molecule has 1 aliphatic carbocycles. The zero-order valence-corrected chi connectivity index (χ0v) is 14.7. The Bertz CT molecular complexity index is 840. The van der Waals surface area contributed by atoms with Gasteiger partial charge in [-0.3, -0.25) is 13.8 Å². The zero-order chi connectivity index (χ0) is 17.7. The van der Waals surface area contributed by atoms with E-state index >= 15 is 4.39 Å². The normalized spacial score (nSPS) is 25.2. The van der Waals surface area contributed by atoms with Gasteiger partial charge in [-0.25, -0.2) is 17.1 Å². The summed E-state index contributed by atoms with van der Waals surface area (Å²) in [7, 11) is -1.06. The van der Waals surface area contributed by atoms with Gasteiger partial charge in [-0.05, 0) is 30.5 Å². The number of hydrogen-bond acceptors (Lipinski definition) is 4. The van der Waals surface area contributed by atoms with Gasteiger partial charge in [-0.2, -0.15) is 0 Å². The number of phenols is 1. The lowest BCUT2D eigenvalue weighted by Crippen LogP contribution is -2.26. The minimum Gasteiger partial charge on any atom is -0.506 e. The molecule has 2 unspecified atom stereocenters. The topological polar surface area (TPSA) is 90.0 Å². The third kappa shape index (κ3) is 2.98. The van der Waals surface area contributed by atoms with Gasteiger partial charge in [0.15, 0.2) is 5.82 Å². The van der Waals surface area contributed by atoms with Crippen molar-refractivity contribution in [1.29, 1.82) is 0 Å². The van der Waals surface area contributed by atoms with Crippen molar-refractivity contribution in [3.8, 4) is 5.75 Å². The van der Waals surface area contributed by atoms with Crippen LogP contribution >= 0.6 is 0 Å². The number of carbonyl (C=O) groups excluding carboxylic acids is 1. The first-order valence-electron chi connectivity index (χ1n) is 7.81. The molecule has 2 fully saturated rings. The monoisotopic (exact) mass is 385 g/mol. The minimum absolute atomic E-state index is 0.206. The summed E-state index contributed by atoms with van der Waals surface area (Å²) < 4.78 is 44.1. The lowest BCUT2D eigenvalue weighted by molar-refractivity contribution is -0.117. The molecule has 7 nitrogen and oxygen atoms in total. The summed E-state index contributed by atoms with van der Waals surface area (Å²) in [5, 5.41) is 10.2. The molecule has 1 aromatic rings. The first-order valence-corrected chi connectivity index (χ1v) is 10.1. The highest BCUT2D eigenvalue weighted by molar-refractivity contribution is 7.85. The number of anilines is 1. The summed E-state index contributed by atoms with van der Waals surface area (Å²) in [6.07, 6.45) is 3.72. The molecule has 2 atom stereocenters. The Labute approximate surface area is 148 Å². The summed E-state index contributed by atoms with van der Waals surface area (Å²) in [4.78, 5) is 11.4. The number of aromatic hydroxyl groups is 1. The van der Waals surface area contributed by atoms with Crippen LogP contribution in [0.4, 0.5) is 10.1 Å². The van der Waals surface area contributed by atoms with Gasteiger partial charge in [0.25, 0.3) is 5.91 Å². The zero-order valence-electron chi connectivity index (χ0n) is 13.1. The van der Waals surface area contributed by atoms with E-state index in [1.165, 1.54) is 12.1 Å². The van der Waals surface area contributed by atoms with Crippen LogP contribution < -0.4 is 9.03 Å². The molecule has 1 amide bonds. The molecule has 25 heavy (non-hydrogen) atoms. The van der Waals surface area contributed by atoms with E-state index in [0.29, 0.717) is 18.7 Å². The Kier molecular flexibility index (Phi) is 4.13. The van der Waals surface area contributed by atoms with Gasteiger partial charge in [0.05, 0.1) is 11.0 Å². The largest absolute Gasteiger partial charge is 0.506 e. The quantitative estimate of drug-likeness (QED) is 0.793. The number of halogens is 1. The average molecular weight is 385 g/mol. The van der Waals surface area contributed by atoms with Crippen LogP contribution in [0.3, 0.4) is 0 Å². The number of amides is 1. The van der Waals surface area contributed by atoms with Gasteiger partial charge in [0.1, 0.15) is 18.0 Å². The molecule has 0 aromatic heterocycles. The predicted octanol–water partition coefficient (Wildman–Crippen LogP) is 0.571. The molecule has 3 aliphatic rings. The Balaban J connectivity index is 1.63. The lowest BCUT2D eigenvalue weighted by atomic mass is 10.0. The fraction of sp³-hybridized carbons (Fsp3) is 0.400. The van der Waals surface area contributed by atoms with Crippen molar-refractivity contribution in [1.82, 2.24) is 9.03 Å². The fourth-order valence-electron chi connectivity index (χ4n) is 2.92. The Morgan fingerprint density at radius 2 is 2.08 bits per heavy atom. The van der Waals surface area contributed by atoms with Crippen molar-refractivity contribution in [3.63, 3.8) is 0 Å². The molecular weight excluding hydrogens is 369 g/mol. The average Bonchev–Trinajstić information content (AvgIpc) is 3.21. The van der Waals surface area contributed by atoms with E-state index in [1.54, 1.807) is 4.31 Å². The number of hydrogen-bond donors (Lipinski definition) is 2. The number of benzene rings is 1. The lowest BCUT2D eigenvalue weighted by Gasteiger charge is -2.19. The minimum atomic E-state index is -1.93. The Morgan fingerprint density at radius 1 is 1.32 bits per heavy atom. The first-order chi connectivity index (χ1) is 12.0. The molecule has 10 heteroatoms. The van der Waals surface area contributed by atoms with Crippen molar-refractivity contribution in [2.75, 3.05) is 23.9 Å². The second kappa shape index (κ2) is 6.19. The van der Waals surface area contributed by atoms with Crippen LogP contribution in [0.15, 0.2) is 18.2 Å². The van der Waals surface area contributed by atoms with E-state index in [-0.39, 0.29) is 28.8 Å². The highest BCUT2D eigenvalue weighted by Gasteiger charge is 2.36. The molecule has 2 heterocycles. The van der Waals surface area contributed by atoms with Crippen molar-refractivity contribution in [2.24, 2.45) is 0 Å². The Morgan fingerprint density at radius 3 is 2.72 bits per heavy atom. The highest BCUT2D eigenvalue weighted by Crippen LogP contribution is 2.38. The number of carbonyl (C=O) groups is 1.